The molecule has 0 aromatic rings. The van der Waals surface area contributed by atoms with Crippen molar-refractivity contribution in [3.63, 3.8) is 0 Å². The van der Waals surface area contributed by atoms with E-state index < -0.39 is 6.10 Å². The lowest BCUT2D eigenvalue weighted by Crippen LogP contribution is -2.30. The van der Waals surface area contributed by atoms with Gasteiger partial charge in [0.15, 0.2) is 6.10 Å². The van der Waals surface area contributed by atoms with Crippen molar-refractivity contribution in [3.8, 4) is 0 Å². The fourth-order valence-electron chi connectivity index (χ4n) is 6.27. The van der Waals surface area contributed by atoms with Crippen molar-refractivity contribution in [2.45, 2.75) is 226 Å². The number of unbranched alkanes of at least 4 members (excludes halogenated alkanes) is 20. The predicted octanol–water partition coefficient (Wildman–Crippen LogP) is 14.9. The Hall–Kier alpha value is -2.89. The van der Waals surface area contributed by atoms with Crippen molar-refractivity contribution in [2.75, 3.05) is 13.2 Å². The zero-order valence-electron chi connectivity index (χ0n) is 36.6. The molecule has 0 aromatic carbocycles. The largest absolute Gasteiger partial charge is 0.462 e. The van der Waals surface area contributed by atoms with E-state index in [0.717, 1.165) is 70.6 Å². The number of hydrogen-bond donors (Lipinski definition) is 0. The Kier molecular flexibility index (Phi) is 42.5. The highest BCUT2D eigenvalue weighted by atomic mass is 16.6. The highest BCUT2D eigenvalue weighted by Gasteiger charge is 2.19. The highest BCUT2D eigenvalue weighted by molar-refractivity contribution is 5.71. The predicted molar refractivity (Wildman–Crippen MR) is 238 cm³/mol. The van der Waals surface area contributed by atoms with Crippen molar-refractivity contribution in [3.05, 3.63) is 60.8 Å². The maximum atomic E-state index is 12.7. The van der Waals surface area contributed by atoms with Crippen molar-refractivity contribution < 1.29 is 28.6 Å². The summed E-state index contributed by atoms with van der Waals surface area (Å²) in [5, 5.41) is 0. The van der Waals surface area contributed by atoms with Gasteiger partial charge in [-0.2, -0.15) is 0 Å². The molecule has 0 spiro atoms. The first-order chi connectivity index (χ1) is 27.5. The zero-order valence-corrected chi connectivity index (χ0v) is 36.6. The van der Waals surface area contributed by atoms with Crippen LogP contribution in [0.5, 0.6) is 0 Å². The molecule has 0 aliphatic rings. The molecule has 0 aliphatic heterocycles. The standard InChI is InChI=1S/C50H86O6/c1-4-7-10-13-16-19-22-25-28-31-34-37-40-43-49(52)55-46-47(45-54-48(51)42-39-36-33-30-27-24-21-18-15-12-9-6-3)56-50(53)44-41-38-35-32-29-26-23-20-17-14-11-8-5-2/h7,10,16,18-19,21,25,28,34,37,47H,4-6,8-9,11-15,17,20,22-24,26-27,29-33,35-36,38-46H2,1-3H3/b10-7-,19-16-,21-18-,28-25-,37-34-. The Bertz CT molecular complexity index is 1040. The van der Waals surface area contributed by atoms with Crippen LogP contribution in [0.2, 0.25) is 0 Å². The lowest BCUT2D eigenvalue weighted by Gasteiger charge is -2.18. The SMILES string of the molecule is CC/C=C\C/C=C\C/C=C\C/C=C\CCC(=O)OCC(COC(=O)CCCCCCC/C=C\CCCCC)OC(=O)CCCCCCCCCCCCCCC. The molecule has 0 radical (unpaired) electrons. The van der Waals surface area contributed by atoms with Gasteiger partial charge < -0.3 is 14.2 Å². The normalized spacial score (nSPS) is 12.6. The van der Waals surface area contributed by atoms with E-state index in [0.29, 0.717) is 19.3 Å². The minimum atomic E-state index is -0.801. The van der Waals surface area contributed by atoms with Gasteiger partial charge in [0, 0.05) is 19.3 Å². The van der Waals surface area contributed by atoms with Gasteiger partial charge in [-0.1, -0.05) is 191 Å². The summed E-state index contributed by atoms with van der Waals surface area (Å²) in [5.41, 5.74) is 0. The molecule has 0 aliphatic carbocycles. The maximum absolute atomic E-state index is 12.7. The van der Waals surface area contributed by atoms with Gasteiger partial charge in [-0.25, -0.2) is 0 Å². The third-order valence-electron chi connectivity index (χ3n) is 9.77. The van der Waals surface area contributed by atoms with Crippen molar-refractivity contribution in [1.82, 2.24) is 0 Å². The molecule has 0 rings (SSSR count). The van der Waals surface area contributed by atoms with Crippen LogP contribution in [0.25, 0.3) is 0 Å². The second kappa shape index (κ2) is 44.8. The summed E-state index contributed by atoms with van der Waals surface area (Å²) < 4.78 is 16.6. The van der Waals surface area contributed by atoms with Gasteiger partial charge in [0.25, 0.3) is 0 Å². The number of rotatable bonds is 41. The highest BCUT2D eigenvalue weighted by Crippen LogP contribution is 2.14. The molecule has 1 unspecified atom stereocenters. The second-order valence-electron chi connectivity index (χ2n) is 15.3. The first-order valence-electron chi connectivity index (χ1n) is 23.3. The summed E-state index contributed by atoms with van der Waals surface area (Å²) in [5.74, 6) is -0.993. The first kappa shape index (κ1) is 53.1. The Labute approximate surface area is 345 Å². The fraction of sp³-hybridized carbons (Fsp3) is 0.740. The summed E-state index contributed by atoms with van der Waals surface area (Å²) in [6.45, 7) is 6.41. The molecule has 0 aromatic heterocycles. The summed E-state index contributed by atoms with van der Waals surface area (Å²) in [4.78, 5) is 37.7. The van der Waals surface area contributed by atoms with Gasteiger partial charge >= 0.3 is 17.9 Å². The molecular weight excluding hydrogens is 697 g/mol. The Morgan fingerprint density at radius 1 is 0.375 bits per heavy atom. The second-order valence-corrected chi connectivity index (χ2v) is 15.3. The number of ether oxygens (including phenoxy) is 3. The van der Waals surface area contributed by atoms with E-state index in [4.69, 9.17) is 14.2 Å². The summed E-state index contributed by atoms with van der Waals surface area (Å²) in [6, 6.07) is 0. The van der Waals surface area contributed by atoms with Gasteiger partial charge in [-0.3, -0.25) is 14.4 Å². The molecular formula is C50H86O6. The minimum absolute atomic E-state index is 0.0993. The van der Waals surface area contributed by atoms with E-state index in [1.54, 1.807) is 0 Å². The van der Waals surface area contributed by atoms with E-state index in [1.165, 1.54) is 103 Å². The molecule has 0 saturated heterocycles. The summed E-state index contributed by atoms with van der Waals surface area (Å²) in [6.07, 6.45) is 53.5. The maximum Gasteiger partial charge on any atom is 0.306 e. The van der Waals surface area contributed by atoms with Crippen LogP contribution >= 0.6 is 0 Å². The van der Waals surface area contributed by atoms with E-state index in [2.05, 4.69) is 69.4 Å². The molecule has 0 heterocycles. The molecule has 0 saturated carbocycles. The van der Waals surface area contributed by atoms with E-state index in [-0.39, 0.29) is 37.5 Å². The Balaban J connectivity index is 4.48. The van der Waals surface area contributed by atoms with E-state index >= 15 is 0 Å². The summed E-state index contributed by atoms with van der Waals surface area (Å²) in [7, 11) is 0. The zero-order chi connectivity index (χ0) is 40.8. The molecule has 0 fully saturated rings. The average Bonchev–Trinajstić information content (AvgIpc) is 3.19. The Morgan fingerprint density at radius 3 is 1.23 bits per heavy atom. The molecule has 0 bridgehead atoms. The molecule has 1 atom stereocenters. The third-order valence-corrected chi connectivity index (χ3v) is 9.77. The lowest BCUT2D eigenvalue weighted by molar-refractivity contribution is -0.166. The van der Waals surface area contributed by atoms with E-state index in [9.17, 15) is 14.4 Å². The molecule has 0 N–H and O–H groups in total. The van der Waals surface area contributed by atoms with Crippen LogP contribution in [0, 0.1) is 0 Å². The van der Waals surface area contributed by atoms with E-state index in [1.807, 2.05) is 12.2 Å². The topological polar surface area (TPSA) is 78.9 Å². The number of carbonyl (C=O) groups is 3. The number of carbonyl (C=O) groups excluding carboxylic acids is 3. The van der Waals surface area contributed by atoms with Crippen LogP contribution in [-0.4, -0.2) is 37.2 Å². The van der Waals surface area contributed by atoms with Crippen LogP contribution in [-0.2, 0) is 28.6 Å². The number of esters is 3. The number of allylic oxidation sites excluding steroid dienone is 10. The van der Waals surface area contributed by atoms with Crippen LogP contribution in [0.3, 0.4) is 0 Å². The van der Waals surface area contributed by atoms with Crippen LogP contribution in [0.4, 0.5) is 0 Å². The molecule has 56 heavy (non-hydrogen) atoms. The Morgan fingerprint density at radius 2 is 0.732 bits per heavy atom. The lowest BCUT2D eigenvalue weighted by atomic mass is 10.0. The summed E-state index contributed by atoms with van der Waals surface area (Å²) >= 11 is 0. The molecule has 6 nitrogen and oxygen atoms in total. The quantitative estimate of drug-likeness (QED) is 0.0266. The van der Waals surface area contributed by atoms with Gasteiger partial charge in [-0.15, -0.1) is 0 Å². The molecule has 322 valence electrons. The van der Waals surface area contributed by atoms with Gasteiger partial charge in [0.1, 0.15) is 13.2 Å². The van der Waals surface area contributed by atoms with Crippen LogP contribution in [0.1, 0.15) is 220 Å². The smallest absolute Gasteiger partial charge is 0.306 e. The van der Waals surface area contributed by atoms with Gasteiger partial charge in [0.2, 0.25) is 0 Å². The van der Waals surface area contributed by atoms with Crippen LogP contribution < -0.4 is 0 Å². The van der Waals surface area contributed by atoms with Gasteiger partial charge in [-0.05, 0) is 70.6 Å². The monoisotopic (exact) mass is 783 g/mol. The third kappa shape index (κ3) is 42.3. The van der Waals surface area contributed by atoms with Crippen molar-refractivity contribution in [1.29, 1.82) is 0 Å². The first-order valence-corrected chi connectivity index (χ1v) is 23.3. The van der Waals surface area contributed by atoms with Crippen molar-refractivity contribution >= 4 is 17.9 Å². The average molecular weight is 783 g/mol. The number of hydrogen-bond acceptors (Lipinski definition) is 6. The van der Waals surface area contributed by atoms with Gasteiger partial charge in [0.05, 0.1) is 0 Å². The van der Waals surface area contributed by atoms with Crippen molar-refractivity contribution in [2.24, 2.45) is 0 Å². The fourth-order valence-corrected chi connectivity index (χ4v) is 6.27. The molecule has 6 heteroatoms. The minimum Gasteiger partial charge on any atom is -0.462 e. The molecule has 0 amide bonds. The van der Waals surface area contributed by atoms with Crippen LogP contribution in [0.15, 0.2) is 60.8 Å².